The molecular weight excluding hydrogens is 423 g/mol. The second kappa shape index (κ2) is 9.53. The average Bonchev–Trinajstić information content (AvgIpc) is 2.89. The van der Waals surface area contributed by atoms with Crippen LogP contribution in [0, 0.1) is 0 Å². The molecule has 0 N–H and O–H groups in total. The molecule has 1 heterocycles. The molecule has 0 amide bonds. The van der Waals surface area contributed by atoms with Gasteiger partial charge in [0.05, 0.1) is 0 Å². The minimum atomic E-state index is -1.85. The molecular formula is C30H38O2P+. The van der Waals surface area contributed by atoms with Crippen molar-refractivity contribution in [3.8, 4) is 0 Å². The minimum Gasteiger partial charge on any atom is -0.250 e. The number of rotatable bonds is 3. The lowest BCUT2D eigenvalue weighted by Gasteiger charge is -2.26. The normalized spacial score (nSPS) is 22.2. The Bertz CT molecular complexity index is 1190. The molecule has 0 aliphatic heterocycles. The second-order valence-electron chi connectivity index (χ2n) is 11.1. The van der Waals surface area contributed by atoms with E-state index in [0.29, 0.717) is 17.8 Å². The molecule has 3 saturated carbocycles. The Morgan fingerprint density at radius 1 is 0.606 bits per heavy atom. The molecule has 0 bridgehead atoms. The Balaban J connectivity index is 1.53. The molecule has 3 aliphatic rings. The monoisotopic (exact) mass is 461 g/mol. The summed E-state index contributed by atoms with van der Waals surface area (Å²) >= 11 is 0. The minimum absolute atomic E-state index is 0.543. The van der Waals surface area contributed by atoms with E-state index in [1.165, 1.54) is 124 Å². The maximum absolute atomic E-state index is 13.6. The Morgan fingerprint density at radius 3 is 1.82 bits per heavy atom. The van der Waals surface area contributed by atoms with Crippen LogP contribution >= 0.6 is 7.65 Å². The predicted molar refractivity (Wildman–Crippen MR) is 139 cm³/mol. The van der Waals surface area contributed by atoms with Gasteiger partial charge >= 0.3 is 7.65 Å². The highest BCUT2D eigenvalue weighted by molar-refractivity contribution is 7.37. The standard InChI is InChI=1S/C30H38O2P/c31-33-30-27(23-14-8-3-9-15-23)18-25(22-12-6-2-7-13-22)19-28(30)26-17-16-24(20-29(26)32-33)21-10-4-1-5-11-21/h16-23H,1-15H2/q+1. The third-order valence-corrected chi connectivity index (χ3v) is 10.2. The number of hydrogen-bond donors (Lipinski definition) is 0. The van der Waals surface area contributed by atoms with Crippen LogP contribution < -0.4 is 0 Å². The quantitative estimate of drug-likeness (QED) is 0.363. The number of benzene rings is 2. The van der Waals surface area contributed by atoms with Crippen molar-refractivity contribution in [1.82, 2.24) is 0 Å². The second-order valence-corrected chi connectivity index (χ2v) is 12.3. The summed E-state index contributed by atoms with van der Waals surface area (Å²) < 4.78 is 19.8. The lowest BCUT2D eigenvalue weighted by Crippen LogP contribution is -2.09. The molecule has 2 aromatic carbocycles. The summed E-state index contributed by atoms with van der Waals surface area (Å²) in [5.74, 6) is 1.84. The molecule has 6 rings (SSSR count). The first-order valence-electron chi connectivity index (χ1n) is 13.8. The summed E-state index contributed by atoms with van der Waals surface area (Å²) in [7, 11) is -1.85. The highest BCUT2D eigenvalue weighted by atomic mass is 31.1. The Labute approximate surface area is 199 Å². The van der Waals surface area contributed by atoms with Gasteiger partial charge in [0.2, 0.25) is 5.12 Å². The van der Waals surface area contributed by atoms with Crippen molar-refractivity contribution < 1.29 is 8.76 Å². The molecule has 33 heavy (non-hydrogen) atoms. The molecule has 3 fully saturated rings. The van der Waals surface area contributed by atoms with Gasteiger partial charge in [-0.2, -0.15) is 0 Å². The first-order chi connectivity index (χ1) is 16.3. The van der Waals surface area contributed by atoms with Crippen LogP contribution in [0.15, 0.2) is 34.5 Å². The molecule has 3 heteroatoms. The SMILES string of the molecule is O=[p+]1oc2cc(C3CCCCC3)ccc2c2cc(C3CCCCC3)cc(C3CCCCC3)c21. The third-order valence-electron chi connectivity index (χ3n) is 9.02. The first-order valence-corrected chi connectivity index (χ1v) is 14.9. The molecule has 2 nitrogen and oxygen atoms in total. The summed E-state index contributed by atoms with van der Waals surface area (Å²) in [6, 6.07) is 11.7. The van der Waals surface area contributed by atoms with Gasteiger partial charge in [-0.15, -0.1) is 0 Å². The van der Waals surface area contributed by atoms with Crippen LogP contribution in [0.1, 0.15) is 131 Å². The summed E-state index contributed by atoms with van der Waals surface area (Å²) in [4.78, 5) is 0. The van der Waals surface area contributed by atoms with E-state index >= 15 is 0 Å². The van der Waals surface area contributed by atoms with Gasteiger partial charge in [0.15, 0.2) is 5.58 Å². The van der Waals surface area contributed by atoms with E-state index in [4.69, 9.17) is 4.20 Å². The lowest BCUT2D eigenvalue weighted by molar-refractivity contribution is 0.437. The summed E-state index contributed by atoms with van der Waals surface area (Å²) in [6.45, 7) is 0. The van der Waals surface area contributed by atoms with Crippen LogP contribution in [0.4, 0.5) is 0 Å². The van der Waals surface area contributed by atoms with Gasteiger partial charge in [0, 0.05) is 16.3 Å². The fourth-order valence-corrected chi connectivity index (χ4v) is 8.41. The van der Waals surface area contributed by atoms with Crippen molar-refractivity contribution in [2.75, 3.05) is 0 Å². The van der Waals surface area contributed by atoms with Gasteiger partial charge in [0.25, 0.3) is 0 Å². The van der Waals surface area contributed by atoms with Crippen LogP contribution in [-0.4, -0.2) is 0 Å². The van der Waals surface area contributed by atoms with E-state index < -0.39 is 7.65 Å². The highest BCUT2D eigenvalue weighted by Gasteiger charge is 2.29. The average molecular weight is 462 g/mol. The van der Waals surface area contributed by atoms with Crippen molar-refractivity contribution in [1.29, 1.82) is 0 Å². The van der Waals surface area contributed by atoms with E-state index in [-0.39, 0.29) is 0 Å². The molecule has 0 spiro atoms. The fraction of sp³-hybridized carbons (Fsp3) is 0.600. The zero-order valence-corrected chi connectivity index (χ0v) is 20.9. The lowest BCUT2D eigenvalue weighted by atomic mass is 9.79. The van der Waals surface area contributed by atoms with Gasteiger partial charge in [-0.25, -0.2) is 4.20 Å². The number of fused-ring (bicyclic) bond motifs is 3. The smallest absolute Gasteiger partial charge is 0.250 e. The molecule has 3 aromatic rings. The van der Waals surface area contributed by atoms with Gasteiger partial charge in [-0.05, 0) is 90.2 Å². The van der Waals surface area contributed by atoms with Crippen molar-refractivity contribution >= 4 is 29.1 Å². The van der Waals surface area contributed by atoms with E-state index in [9.17, 15) is 4.57 Å². The van der Waals surface area contributed by atoms with Gasteiger partial charge in [0.1, 0.15) is 0 Å². The van der Waals surface area contributed by atoms with E-state index in [1.54, 1.807) is 0 Å². The van der Waals surface area contributed by atoms with Crippen molar-refractivity contribution in [3.05, 3.63) is 47.0 Å². The molecule has 0 radical (unpaired) electrons. The molecule has 1 atom stereocenters. The summed E-state index contributed by atoms with van der Waals surface area (Å²) in [5, 5.41) is 3.42. The van der Waals surface area contributed by atoms with Crippen molar-refractivity contribution in [3.63, 3.8) is 0 Å². The molecule has 1 unspecified atom stereocenters. The molecule has 174 valence electrons. The van der Waals surface area contributed by atoms with Crippen molar-refractivity contribution in [2.45, 2.75) is 114 Å². The van der Waals surface area contributed by atoms with E-state index in [0.717, 1.165) is 10.7 Å². The van der Waals surface area contributed by atoms with Gasteiger partial charge < -0.3 is 0 Å². The maximum Gasteiger partial charge on any atom is 0.598 e. The van der Waals surface area contributed by atoms with Crippen LogP contribution in [0.5, 0.6) is 0 Å². The van der Waals surface area contributed by atoms with Crippen LogP contribution in [0.2, 0.25) is 0 Å². The Morgan fingerprint density at radius 2 is 1.18 bits per heavy atom. The van der Waals surface area contributed by atoms with Gasteiger partial charge in [-0.1, -0.05) is 69.9 Å². The first kappa shape index (κ1) is 21.8. The zero-order chi connectivity index (χ0) is 22.2. The summed E-state index contributed by atoms with van der Waals surface area (Å²) in [5.41, 5.74) is 5.11. The largest absolute Gasteiger partial charge is 0.598 e. The molecule has 3 aliphatic carbocycles. The third kappa shape index (κ3) is 4.29. The predicted octanol–water partition coefficient (Wildman–Crippen LogP) is 10.5. The van der Waals surface area contributed by atoms with Crippen molar-refractivity contribution in [2.24, 2.45) is 0 Å². The van der Waals surface area contributed by atoms with E-state index in [1.807, 2.05) is 0 Å². The molecule has 1 aromatic heterocycles. The van der Waals surface area contributed by atoms with Crippen LogP contribution in [-0.2, 0) is 4.57 Å². The summed E-state index contributed by atoms with van der Waals surface area (Å²) in [6.07, 6.45) is 19.7. The zero-order valence-electron chi connectivity index (χ0n) is 20.0. The van der Waals surface area contributed by atoms with Crippen LogP contribution in [0.3, 0.4) is 0 Å². The Hall–Kier alpha value is -1.66. The maximum atomic E-state index is 13.6. The number of hydrogen-bond acceptors (Lipinski definition) is 2. The van der Waals surface area contributed by atoms with E-state index in [2.05, 4.69) is 30.3 Å². The Kier molecular flexibility index (Phi) is 6.31. The fourth-order valence-electron chi connectivity index (χ4n) is 7.15. The van der Waals surface area contributed by atoms with Gasteiger partial charge in [-0.3, -0.25) is 0 Å². The highest BCUT2D eigenvalue weighted by Crippen LogP contribution is 2.47. The molecule has 0 saturated heterocycles. The topological polar surface area (TPSA) is 30.2 Å². The van der Waals surface area contributed by atoms with Crippen LogP contribution in [0.25, 0.3) is 21.5 Å².